The maximum Gasteiger partial charge on any atom is 0.148 e. The topological polar surface area (TPSA) is 37.8 Å². The molecule has 1 aromatic heterocycles. The van der Waals surface area contributed by atoms with Gasteiger partial charge in [0.1, 0.15) is 5.82 Å². The molecular weight excluding hydrogens is 198 g/mol. The van der Waals surface area contributed by atoms with Crippen molar-refractivity contribution in [1.29, 1.82) is 0 Å². The van der Waals surface area contributed by atoms with Crippen LogP contribution >= 0.6 is 0 Å². The lowest BCUT2D eigenvalue weighted by Crippen LogP contribution is -1.95. The number of hydrogen-bond donors (Lipinski definition) is 1. The van der Waals surface area contributed by atoms with E-state index in [4.69, 9.17) is 0 Å². The monoisotopic (exact) mass is 215 g/mol. The van der Waals surface area contributed by atoms with Crippen LogP contribution in [0, 0.1) is 6.92 Å². The summed E-state index contributed by atoms with van der Waals surface area (Å²) >= 11 is 0. The zero-order valence-corrected chi connectivity index (χ0v) is 9.94. The zero-order valence-electron chi connectivity index (χ0n) is 9.94. The molecule has 2 aromatic rings. The van der Waals surface area contributed by atoms with Crippen LogP contribution in [0.15, 0.2) is 42.9 Å². The maximum absolute atomic E-state index is 4.14. The molecule has 16 heavy (non-hydrogen) atoms. The molecule has 0 amide bonds. The first-order valence-electron chi connectivity index (χ1n) is 5.45. The molecule has 0 aliphatic heterocycles. The summed E-state index contributed by atoms with van der Waals surface area (Å²) in [6.07, 6.45) is 5.02. The Bertz CT molecular complexity index is 413. The van der Waals surface area contributed by atoms with Gasteiger partial charge in [0.15, 0.2) is 0 Å². The summed E-state index contributed by atoms with van der Waals surface area (Å²) in [5.41, 5.74) is 2.26. The minimum Gasteiger partial charge on any atom is -0.339 e. The second-order valence-corrected chi connectivity index (χ2v) is 3.03. The smallest absolute Gasteiger partial charge is 0.148 e. The summed E-state index contributed by atoms with van der Waals surface area (Å²) in [5, 5.41) is 3.20. The Morgan fingerprint density at radius 3 is 2.44 bits per heavy atom. The summed E-state index contributed by atoms with van der Waals surface area (Å²) in [5.74, 6) is 0.766. The van der Waals surface area contributed by atoms with Crippen LogP contribution in [0.3, 0.4) is 0 Å². The van der Waals surface area contributed by atoms with Crippen LogP contribution in [-0.4, -0.2) is 9.97 Å². The van der Waals surface area contributed by atoms with Gasteiger partial charge in [-0.25, -0.2) is 4.98 Å². The predicted octanol–water partition coefficient (Wildman–Crippen LogP) is 3.55. The lowest BCUT2D eigenvalue weighted by atomic mass is 10.2. The highest BCUT2D eigenvalue weighted by molar-refractivity contribution is 5.59. The molecule has 84 valence electrons. The molecule has 3 nitrogen and oxygen atoms in total. The van der Waals surface area contributed by atoms with Crippen molar-refractivity contribution in [2.24, 2.45) is 0 Å². The Balaban J connectivity index is 0.000000606. The first-order chi connectivity index (χ1) is 7.86. The van der Waals surface area contributed by atoms with Gasteiger partial charge in [-0.1, -0.05) is 32.0 Å². The van der Waals surface area contributed by atoms with Crippen molar-refractivity contribution in [3.63, 3.8) is 0 Å². The summed E-state index contributed by atoms with van der Waals surface area (Å²) in [6, 6.07) is 8.08. The molecule has 1 heterocycles. The van der Waals surface area contributed by atoms with E-state index in [1.165, 1.54) is 5.56 Å². The normalized spacial score (nSPS) is 8.94. The number of hydrogen-bond acceptors (Lipinski definition) is 3. The fourth-order valence-corrected chi connectivity index (χ4v) is 1.21. The molecule has 0 unspecified atom stereocenters. The van der Waals surface area contributed by atoms with Crippen molar-refractivity contribution in [3.8, 4) is 0 Å². The van der Waals surface area contributed by atoms with E-state index in [0.717, 1.165) is 11.5 Å². The van der Waals surface area contributed by atoms with Gasteiger partial charge in [0.25, 0.3) is 0 Å². The van der Waals surface area contributed by atoms with Crippen LogP contribution in [0.1, 0.15) is 19.4 Å². The highest BCUT2D eigenvalue weighted by atomic mass is 15.0. The molecule has 0 radical (unpaired) electrons. The fourth-order valence-electron chi connectivity index (χ4n) is 1.21. The van der Waals surface area contributed by atoms with Crippen molar-refractivity contribution in [2.45, 2.75) is 20.8 Å². The number of nitrogens with zero attached hydrogens (tertiary/aromatic N) is 2. The molecule has 0 spiro atoms. The average molecular weight is 215 g/mol. The van der Waals surface area contributed by atoms with Crippen LogP contribution in [0.4, 0.5) is 11.5 Å². The Morgan fingerprint density at radius 2 is 1.81 bits per heavy atom. The van der Waals surface area contributed by atoms with Gasteiger partial charge in [-0.15, -0.1) is 0 Å². The molecule has 0 aliphatic carbocycles. The highest BCUT2D eigenvalue weighted by Gasteiger charge is 1.97. The van der Waals surface area contributed by atoms with Crippen molar-refractivity contribution in [1.82, 2.24) is 9.97 Å². The van der Waals surface area contributed by atoms with Crippen LogP contribution in [0.25, 0.3) is 0 Å². The summed E-state index contributed by atoms with van der Waals surface area (Å²) in [7, 11) is 0. The second kappa shape index (κ2) is 6.56. The molecule has 0 saturated carbocycles. The van der Waals surface area contributed by atoms with Crippen LogP contribution in [-0.2, 0) is 0 Å². The Hall–Kier alpha value is -1.90. The molecular formula is C13H17N3. The van der Waals surface area contributed by atoms with Gasteiger partial charge in [-0.3, -0.25) is 4.98 Å². The SMILES string of the molecule is CC.Cc1ccccc1Nc1cnccn1. The molecule has 2 rings (SSSR count). The Kier molecular flexibility index (Phi) is 4.99. The van der Waals surface area contributed by atoms with Crippen molar-refractivity contribution in [2.75, 3.05) is 5.32 Å². The van der Waals surface area contributed by atoms with Crippen LogP contribution in [0.5, 0.6) is 0 Å². The largest absolute Gasteiger partial charge is 0.339 e. The van der Waals surface area contributed by atoms with E-state index in [2.05, 4.69) is 28.3 Å². The minimum atomic E-state index is 0.766. The Labute approximate surface area is 96.6 Å². The molecule has 3 heteroatoms. The summed E-state index contributed by atoms with van der Waals surface area (Å²) in [6.45, 7) is 6.05. The van der Waals surface area contributed by atoms with Gasteiger partial charge in [0, 0.05) is 18.1 Å². The molecule has 0 aliphatic rings. The first-order valence-corrected chi connectivity index (χ1v) is 5.45. The lowest BCUT2D eigenvalue weighted by molar-refractivity contribution is 1.19. The van der Waals surface area contributed by atoms with Gasteiger partial charge in [0.05, 0.1) is 6.20 Å². The number of rotatable bonds is 2. The number of aromatic nitrogens is 2. The maximum atomic E-state index is 4.14. The van der Waals surface area contributed by atoms with Crippen molar-refractivity contribution >= 4 is 11.5 Å². The molecule has 0 saturated heterocycles. The molecule has 1 N–H and O–H groups in total. The third kappa shape index (κ3) is 3.35. The standard InChI is InChI=1S/C11H11N3.C2H6/c1-9-4-2-3-5-10(9)14-11-8-12-6-7-13-11;1-2/h2-8H,1H3,(H,13,14);1-2H3. The van der Waals surface area contributed by atoms with Crippen molar-refractivity contribution < 1.29 is 0 Å². The van der Waals surface area contributed by atoms with Gasteiger partial charge < -0.3 is 5.32 Å². The molecule has 0 fully saturated rings. The fraction of sp³-hybridized carbons (Fsp3) is 0.231. The second-order valence-electron chi connectivity index (χ2n) is 3.03. The van der Waals surface area contributed by atoms with E-state index in [9.17, 15) is 0 Å². The third-order valence-corrected chi connectivity index (χ3v) is 1.97. The van der Waals surface area contributed by atoms with Crippen LogP contribution in [0.2, 0.25) is 0 Å². The van der Waals surface area contributed by atoms with Crippen molar-refractivity contribution in [3.05, 3.63) is 48.4 Å². The minimum absolute atomic E-state index is 0.766. The van der Waals surface area contributed by atoms with Crippen LogP contribution < -0.4 is 5.32 Å². The quantitative estimate of drug-likeness (QED) is 0.832. The van der Waals surface area contributed by atoms with E-state index in [0.29, 0.717) is 0 Å². The molecule has 1 aromatic carbocycles. The third-order valence-electron chi connectivity index (χ3n) is 1.97. The van der Waals surface area contributed by atoms with E-state index >= 15 is 0 Å². The summed E-state index contributed by atoms with van der Waals surface area (Å²) in [4.78, 5) is 8.13. The number of aryl methyl sites for hydroxylation is 1. The molecule has 0 atom stereocenters. The highest BCUT2D eigenvalue weighted by Crippen LogP contribution is 2.17. The average Bonchev–Trinajstić information content (AvgIpc) is 2.36. The van der Waals surface area contributed by atoms with E-state index in [1.807, 2.05) is 32.0 Å². The number of nitrogens with one attached hydrogen (secondary N) is 1. The number of para-hydroxylation sites is 1. The molecule has 0 bridgehead atoms. The van der Waals surface area contributed by atoms with Gasteiger partial charge in [0.2, 0.25) is 0 Å². The summed E-state index contributed by atoms with van der Waals surface area (Å²) < 4.78 is 0. The van der Waals surface area contributed by atoms with E-state index in [-0.39, 0.29) is 0 Å². The zero-order chi connectivity index (χ0) is 11.8. The van der Waals surface area contributed by atoms with E-state index in [1.54, 1.807) is 18.6 Å². The van der Waals surface area contributed by atoms with Gasteiger partial charge in [-0.05, 0) is 18.6 Å². The number of benzene rings is 1. The van der Waals surface area contributed by atoms with Gasteiger partial charge >= 0.3 is 0 Å². The predicted molar refractivity (Wildman–Crippen MR) is 67.8 cm³/mol. The van der Waals surface area contributed by atoms with Gasteiger partial charge in [-0.2, -0.15) is 0 Å². The number of anilines is 2. The first kappa shape index (κ1) is 12.2. The van der Waals surface area contributed by atoms with E-state index < -0.39 is 0 Å². The Morgan fingerprint density at radius 1 is 1.06 bits per heavy atom. The lowest BCUT2D eigenvalue weighted by Gasteiger charge is -2.06.